The van der Waals surface area contributed by atoms with Crippen LogP contribution < -0.4 is 0 Å². The first-order chi connectivity index (χ1) is 9.19. The van der Waals surface area contributed by atoms with Crippen LogP contribution in [0.1, 0.15) is 38.9 Å². The van der Waals surface area contributed by atoms with E-state index in [1.54, 1.807) is 12.4 Å². The molecule has 0 aliphatic carbocycles. The molecule has 0 fully saturated rings. The number of fused-ring (bicyclic) bond motifs is 1. The highest BCUT2D eigenvalue weighted by Crippen LogP contribution is 2.22. The Hall–Kier alpha value is -1.91. The van der Waals surface area contributed by atoms with Crippen molar-refractivity contribution in [1.82, 2.24) is 14.5 Å². The van der Waals surface area contributed by atoms with Crippen LogP contribution >= 0.6 is 0 Å². The van der Waals surface area contributed by atoms with Crippen LogP contribution in [0.3, 0.4) is 0 Å². The molecule has 0 aliphatic heterocycles. The summed E-state index contributed by atoms with van der Waals surface area (Å²) in [6, 6.07) is 1.93. The van der Waals surface area contributed by atoms with E-state index in [4.69, 9.17) is 4.74 Å². The number of ether oxygens (including phenoxy) is 1. The predicted octanol–water partition coefficient (Wildman–Crippen LogP) is 2.51. The molecule has 102 valence electrons. The van der Waals surface area contributed by atoms with Crippen molar-refractivity contribution in [3.8, 4) is 0 Å². The third kappa shape index (κ3) is 2.59. The van der Waals surface area contributed by atoms with Crippen molar-refractivity contribution in [2.24, 2.45) is 0 Å². The lowest BCUT2D eigenvalue weighted by molar-refractivity contribution is -0.144. The molecule has 2 heterocycles. The Bertz CT molecular complexity index is 577. The van der Waals surface area contributed by atoms with Gasteiger partial charge in [0.05, 0.1) is 18.3 Å². The number of esters is 1. The molecule has 0 radical (unpaired) electrons. The molecule has 0 aromatic carbocycles. The summed E-state index contributed by atoms with van der Waals surface area (Å²) in [5.41, 5.74) is 1.84. The number of carbonyl (C=O) groups excluding carboxylic acids is 1. The summed E-state index contributed by atoms with van der Waals surface area (Å²) < 4.78 is 7.16. The van der Waals surface area contributed by atoms with Gasteiger partial charge in [-0.2, -0.15) is 0 Å². The Morgan fingerprint density at radius 1 is 1.47 bits per heavy atom. The lowest BCUT2D eigenvalue weighted by Crippen LogP contribution is -2.17. The van der Waals surface area contributed by atoms with Crippen LogP contribution in [-0.2, 0) is 16.1 Å². The smallest absolute Gasteiger partial charge is 0.316 e. The maximum atomic E-state index is 11.9. The normalized spacial score (nSPS) is 12.6. The van der Waals surface area contributed by atoms with E-state index in [1.807, 2.05) is 19.9 Å². The first-order valence-corrected chi connectivity index (χ1v) is 6.65. The molecule has 1 atom stereocenters. The van der Waals surface area contributed by atoms with Crippen LogP contribution in [0, 0.1) is 0 Å². The number of imidazole rings is 1. The molecule has 0 spiro atoms. The van der Waals surface area contributed by atoms with Crippen LogP contribution in [-0.4, -0.2) is 27.1 Å². The van der Waals surface area contributed by atoms with Gasteiger partial charge in [0.2, 0.25) is 0 Å². The molecule has 0 saturated carbocycles. The fraction of sp³-hybridized carbons (Fsp3) is 0.500. The Morgan fingerprint density at radius 2 is 2.26 bits per heavy atom. The van der Waals surface area contributed by atoms with Crippen LogP contribution in [0.15, 0.2) is 18.5 Å². The van der Waals surface area contributed by atoms with Crippen molar-refractivity contribution in [1.29, 1.82) is 0 Å². The first-order valence-electron chi connectivity index (χ1n) is 6.65. The number of aromatic nitrogens is 3. The lowest BCUT2D eigenvalue weighted by atomic mass is 10.1. The second-order valence-corrected chi connectivity index (χ2v) is 4.46. The molecule has 2 rings (SSSR count). The van der Waals surface area contributed by atoms with Crippen molar-refractivity contribution < 1.29 is 9.53 Å². The number of nitrogens with zero attached hydrogens (tertiary/aromatic N) is 3. The monoisotopic (exact) mass is 261 g/mol. The van der Waals surface area contributed by atoms with Crippen molar-refractivity contribution in [3.63, 3.8) is 0 Å². The van der Waals surface area contributed by atoms with E-state index in [2.05, 4.69) is 21.5 Å². The highest BCUT2D eigenvalue weighted by molar-refractivity contribution is 5.80. The van der Waals surface area contributed by atoms with E-state index in [0.717, 1.165) is 29.8 Å². The van der Waals surface area contributed by atoms with Crippen LogP contribution in [0.5, 0.6) is 0 Å². The van der Waals surface area contributed by atoms with Gasteiger partial charge in [-0.05, 0) is 26.3 Å². The zero-order valence-electron chi connectivity index (χ0n) is 11.6. The highest BCUT2D eigenvalue weighted by Gasteiger charge is 2.23. The molecule has 0 N–H and O–H groups in total. The fourth-order valence-electron chi connectivity index (χ4n) is 2.16. The SMILES string of the molecule is CCCn1c(C(C)C(=O)OCC)nc2cnccc21. The summed E-state index contributed by atoms with van der Waals surface area (Å²) in [5, 5.41) is 0. The highest BCUT2D eigenvalue weighted by atomic mass is 16.5. The van der Waals surface area contributed by atoms with E-state index >= 15 is 0 Å². The standard InChI is InChI=1S/C14H19N3O2/c1-4-8-17-12-6-7-15-9-11(12)16-13(17)10(3)14(18)19-5-2/h6-7,9-10H,4-5,8H2,1-3H3. The Labute approximate surface area is 112 Å². The Morgan fingerprint density at radius 3 is 2.95 bits per heavy atom. The van der Waals surface area contributed by atoms with Gasteiger partial charge in [-0.25, -0.2) is 4.98 Å². The molecule has 2 aromatic heterocycles. The molecule has 5 nitrogen and oxygen atoms in total. The summed E-state index contributed by atoms with van der Waals surface area (Å²) >= 11 is 0. The molecule has 0 aliphatic rings. The van der Waals surface area contributed by atoms with Crippen molar-refractivity contribution in [2.75, 3.05) is 6.61 Å². The van der Waals surface area contributed by atoms with Crippen molar-refractivity contribution in [3.05, 3.63) is 24.3 Å². The number of aryl methyl sites for hydroxylation is 1. The third-order valence-corrected chi connectivity index (χ3v) is 3.05. The van der Waals surface area contributed by atoms with Gasteiger partial charge in [0.1, 0.15) is 17.3 Å². The number of carbonyl (C=O) groups is 1. The van der Waals surface area contributed by atoms with Gasteiger partial charge in [0.25, 0.3) is 0 Å². The molecule has 0 amide bonds. The zero-order valence-corrected chi connectivity index (χ0v) is 11.6. The van der Waals surface area contributed by atoms with Crippen LogP contribution in [0.2, 0.25) is 0 Å². The van der Waals surface area contributed by atoms with Gasteiger partial charge in [-0.1, -0.05) is 6.92 Å². The van der Waals surface area contributed by atoms with E-state index in [0.29, 0.717) is 6.61 Å². The minimum atomic E-state index is -0.362. The number of pyridine rings is 1. The summed E-state index contributed by atoms with van der Waals surface area (Å²) in [4.78, 5) is 20.5. The Kier molecular flexibility index (Phi) is 4.14. The fourth-order valence-corrected chi connectivity index (χ4v) is 2.16. The van der Waals surface area contributed by atoms with Gasteiger partial charge in [-0.15, -0.1) is 0 Å². The van der Waals surface area contributed by atoms with E-state index in [9.17, 15) is 4.79 Å². The predicted molar refractivity (Wildman–Crippen MR) is 72.9 cm³/mol. The quantitative estimate of drug-likeness (QED) is 0.776. The second-order valence-electron chi connectivity index (χ2n) is 4.46. The van der Waals surface area contributed by atoms with Gasteiger partial charge in [-0.3, -0.25) is 9.78 Å². The Balaban J connectivity index is 2.46. The van der Waals surface area contributed by atoms with Crippen molar-refractivity contribution >= 4 is 17.0 Å². The van der Waals surface area contributed by atoms with Crippen molar-refractivity contribution in [2.45, 2.75) is 39.7 Å². The zero-order chi connectivity index (χ0) is 13.8. The van der Waals surface area contributed by atoms with Gasteiger partial charge >= 0.3 is 5.97 Å². The first kappa shape index (κ1) is 13.5. The second kappa shape index (κ2) is 5.82. The maximum Gasteiger partial charge on any atom is 0.316 e. The van der Waals surface area contributed by atoms with Crippen LogP contribution in [0.4, 0.5) is 0 Å². The molecule has 0 saturated heterocycles. The van der Waals surface area contributed by atoms with Gasteiger partial charge < -0.3 is 9.30 Å². The molecule has 0 bridgehead atoms. The van der Waals surface area contributed by atoms with Gasteiger partial charge in [0, 0.05) is 12.7 Å². The van der Waals surface area contributed by atoms with E-state index in [-0.39, 0.29) is 11.9 Å². The number of hydrogen-bond donors (Lipinski definition) is 0. The number of hydrogen-bond acceptors (Lipinski definition) is 4. The molecule has 5 heteroatoms. The van der Waals surface area contributed by atoms with Gasteiger partial charge in [0.15, 0.2) is 0 Å². The third-order valence-electron chi connectivity index (χ3n) is 3.05. The summed E-state index contributed by atoms with van der Waals surface area (Å²) in [6.07, 6.45) is 4.45. The summed E-state index contributed by atoms with van der Waals surface area (Å²) in [5.74, 6) is 0.158. The van der Waals surface area contributed by atoms with E-state index < -0.39 is 0 Å². The average Bonchev–Trinajstić information content (AvgIpc) is 2.78. The van der Waals surface area contributed by atoms with E-state index in [1.165, 1.54) is 0 Å². The topological polar surface area (TPSA) is 57.0 Å². The number of rotatable bonds is 5. The molecule has 19 heavy (non-hydrogen) atoms. The lowest BCUT2D eigenvalue weighted by Gasteiger charge is -2.13. The van der Waals surface area contributed by atoms with Crippen LogP contribution in [0.25, 0.3) is 11.0 Å². The summed E-state index contributed by atoms with van der Waals surface area (Å²) in [6.45, 7) is 6.96. The minimum absolute atomic E-state index is 0.233. The average molecular weight is 261 g/mol. The molecular formula is C14H19N3O2. The summed E-state index contributed by atoms with van der Waals surface area (Å²) in [7, 11) is 0. The minimum Gasteiger partial charge on any atom is -0.465 e. The molecule has 1 unspecified atom stereocenters. The maximum absolute atomic E-state index is 11.9. The molecular weight excluding hydrogens is 242 g/mol. The molecule has 2 aromatic rings. The largest absolute Gasteiger partial charge is 0.465 e.